The molecule has 0 unspecified atom stereocenters. The summed E-state index contributed by atoms with van der Waals surface area (Å²) in [7, 11) is 0. The van der Waals surface area contributed by atoms with Gasteiger partial charge in [-0.25, -0.2) is 4.39 Å². The smallest absolute Gasteiger partial charge is 0.207 e. The topological polar surface area (TPSA) is 7.76 Å². The minimum absolute atomic E-state index is 0.110. The molecule has 3 aromatic carbocycles. The molecule has 240 valence electrons. The van der Waals surface area contributed by atoms with Crippen molar-refractivity contribution in [3.05, 3.63) is 124 Å². The van der Waals surface area contributed by atoms with Crippen molar-refractivity contribution in [2.75, 3.05) is 0 Å². The highest BCUT2D eigenvalue weighted by molar-refractivity contribution is 6.03. The van der Waals surface area contributed by atoms with Crippen LogP contribution in [0.4, 0.5) is 4.39 Å². The number of allylic oxidation sites excluding steroid dienone is 2. The lowest BCUT2D eigenvalue weighted by molar-refractivity contribution is -0.743. The van der Waals surface area contributed by atoms with E-state index in [2.05, 4.69) is 138 Å². The van der Waals surface area contributed by atoms with E-state index in [1.165, 1.54) is 61.1 Å². The Kier molecular flexibility index (Phi) is 7.73. The number of nitrogens with zero attached hydrogens (tertiary/aromatic N) is 2. The summed E-state index contributed by atoms with van der Waals surface area (Å²) in [6.07, 6.45) is 12.3. The highest BCUT2D eigenvalue weighted by Gasteiger charge is 2.48. The molecule has 0 bridgehead atoms. The van der Waals surface area contributed by atoms with E-state index in [9.17, 15) is 0 Å². The van der Waals surface area contributed by atoms with Crippen LogP contribution in [0.3, 0.4) is 0 Å². The highest BCUT2D eigenvalue weighted by atomic mass is 19.1. The van der Waals surface area contributed by atoms with Crippen molar-refractivity contribution >= 4 is 16.3 Å². The predicted octanol–water partition coefficient (Wildman–Crippen LogP) is 10.4. The first-order valence-electron chi connectivity index (χ1n) is 17.7. The van der Waals surface area contributed by atoms with Gasteiger partial charge in [0.25, 0.3) is 0 Å². The summed E-state index contributed by atoms with van der Waals surface area (Å²) in [5.41, 5.74) is 13.6. The molecule has 3 heteroatoms. The lowest BCUT2D eigenvalue weighted by Gasteiger charge is -2.36. The third-order valence-corrected chi connectivity index (χ3v) is 11.3. The SMILES string of the molecule is CCCCc1cc2c3c4[n+](ccc3c1)C(CC)(CC)C=C(C[n+]1ccc(C)cc1-c1cc(C)ccc1C)c1ccc(F)c(c1-4)C2(C)C. The Labute approximate surface area is 280 Å². The zero-order valence-corrected chi connectivity index (χ0v) is 29.5. The molecular formula is C44H49FN2+2. The first-order chi connectivity index (χ1) is 22.5. The van der Waals surface area contributed by atoms with Crippen molar-refractivity contribution in [3.63, 3.8) is 0 Å². The largest absolute Gasteiger partial charge is 0.222 e. The molecule has 2 aliphatic rings. The number of aryl methyl sites for hydroxylation is 4. The van der Waals surface area contributed by atoms with Gasteiger partial charge < -0.3 is 0 Å². The fourth-order valence-electron chi connectivity index (χ4n) is 8.54. The van der Waals surface area contributed by atoms with Gasteiger partial charge in [0, 0.05) is 53.2 Å². The number of aromatic nitrogens is 2. The second-order valence-corrected chi connectivity index (χ2v) is 14.7. The van der Waals surface area contributed by atoms with Gasteiger partial charge >= 0.3 is 0 Å². The maximum atomic E-state index is 16.5. The molecule has 0 saturated carbocycles. The van der Waals surface area contributed by atoms with E-state index in [1.54, 1.807) is 6.07 Å². The normalized spacial score (nSPS) is 15.5. The van der Waals surface area contributed by atoms with Crippen molar-refractivity contribution in [1.29, 1.82) is 0 Å². The van der Waals surface area contributed by atoms with Gasteiger partial charge in [-0.1, -0.05) is 76.9 Å². The van der Waals surface area contributed by atoms with Crippen LogP contribution in [0.5, 0.6) is 0 Å². The van der Waals surface area contributed by atoms with E-state index in [4.69, 9.17) is 0 Å². The molecule has 0 fully saturated rings. The molecule has 0 radical (unpaired) electrons. The Morgan fingerprint density at radius 1 is 0.787 bits per heavy atom. The minimum atomic E-state index is -0.487. The zero-order valence-electron chi connectivity index (χ0n) is 29.5. The fourth-order valence-corrected chi connectivity index (χ4v) is 8.54. The van der Waals surface area contributed by atoms with E-state index in [-0.39, 0.29) is 11.4 Å². The molecule has 0 spiro atoms. The number of benzene rings is 3. The molecule has 5 aromatic rings. The van der Waals surface area contributed by atoms with Gasteiger partial charge in [-0.3, -0.25) is 0 Å². The average molecular weight is 625 g/mol. The Morgan fingerprint density at radius 3 is 2.30 bits per heavy atom. The fraction of sp³-hybridized carbons (Fsp3) is 0.364. The van der Waals surface area contributed by atoms with Gasteiger partial charge in [-0.2, -0.15) is 9.13 Å². The van der Waals surface area contributed by atoms with E-state index in [1.807, 2.05) is 0 Å². The van der Waals surface area contributed by atoms with E-state index in [0.717, 1.165) is 48.8 Å². The quantitative estimate of drug-likeness (QED) is 0.152. The van der Waals surface area contributed by atoms with E-state index >= 15 is 4.39 Å². The Bertz CT molecular complexity index is 2090. The van der Waals surface area contributed by atoms with Crippen LogP contribution in [-0.4, -0.2) is 0 Å². The van der Waals surface area contributed by atoms with Gasteiger partial charge in [-0.15, -0.1) is 0 Å². The summed E-state index contributed by atoms with van der Waals surface area (Å²) in [5.74, 6) is -0.110. The predicted molar refractivity (Wildman–Crippen MR) is 193 cm³/mol. The van der Waals surface area contributed by atoms with Gasteiger partial charge in [0.1, 0.15) is 5.82 Å². The van der Waals surface area contributed by atoms with Crippen LogP contribution >= 0.6 is 0 Å². The van der Waals surface area contributed by atoms with Gasteiger partial charge in [0.15, 0.2) is 24.5 Å². The van der Waals surface area contributed by atoms with Crippen molar-refractivity contribution in [3.8, 4) is 22.5 Å². The lowest BCUT2D eigenvalue weighted by atomic mass is 9.67. The average Bonchev–Trinajstić information content (AvgIpc) is 3.17. The highest BCUT2D eigenvalue weighted by Crippen LogP contribution is 2.53. The Hall–Kier alpha value is -4.11. The molecule has 0 saturated heterocycles. The van der Waals surface area contributed by atoms with Crippen LogP contribution < -0.4 is 9.13 Å². The number of hydrogen-bond acceptors (Lipinski definition) is 0. The van der Waals surface area contributed by atoms with Crippen molar-refractivity contribution in [2.24, 2.45) is 0 Å². The first-order valence-corrected chi connectivity index (χ1v) is 17.7. The number of halogens is 1. The molecule has 2 nitrogen and oxygen atoms in total. The van der Waals surface area contributed by atoms with Crippen LogP contribution in [-0.2, 0) is 23.9 Å². The summed E-state index contributed by atoms with van der Waals surface area (Å²) < 4.78 is 21.4. The standard InChI is InChI=1S/C44H49FN2/c1-9-12-13-31-24-32-19-21-47-42-39(32)36(25-31)43(7,8)41-37(45)17-16-34(40(41)42)33(26-44(47,10-2)11-3)27-46-20-18-29(5)23-38(46)35-22-28(4)14-15-30(35)6/h14-26H,9-13,27H2,1-8H3/q+2. The van der Waals surface area contributed by atoms with Crippen molar-refractivity contribution in [2.45, 2.75) is 105 Å². The minimum Gasteiger partial charge on any atom is -0.207 e. The summed E-state index contributed by atoms with van der Waals surface area (Å²) in [6, 6.07) is 22.2. The molecule has 47 heavy (non-hydrogen) atoms. The molecule has 0 amide bonds. The van der Waals surface area contributed by atoms with Crippen LogP contribution in [0.25, 0.3) is 38.9 Å². The van der Waals surface area contributed by atoms with E-state index in [0.29, 0.717) is 6.54 Å². The van der Waals surface area contributed by atoms with Gasteiger partial charge in [-0.05, 0) is 85.0 Å². The van der Waals surface area contributed by atoms with Crippen LogP contribution in [0.1, 0.15) is 99.2 Å². The van der Waals surface area contributed by atoms with Gasteiger partial charge in [0.05, 0.1) is 10.9 Å². The van der Waals surface area contributed by atoms with Crippen LogP contribution in [0.2, 0.25) is 0 Å². The number of hydrogen-bond donors (Lipinski definition) is 0. The number of pyridine rings is 2. The molecular weight excluding hydrogens is 575 g/mol. The van der Waals surface area contributed by atoms with Gasteiger partial charge in [0.2, 0.25) is 11.4 Å². The number of rotatable bonds is 8. The van der Waals surface area contributed by atoms with Crippen molar-refractivity contribution < 1.29 is 13.5 Å². The molecule has 7 rings (SSSR count). The lowest BCUT2D eigenvalue weighted by Crippen LogP contribution is -2.56. The zero-order chi connectivity index (χ0) is 33.2. The molecule has 1 aliphatic carbocycles. The maximum Gasteiger partial charge on any atom is 0.222 e. The summed E-state index contributed by atoms with van der Waals surface area (Å²) >= 11 is 0. The Morgan fingerprint density at radius 2 is 1.55 bits per heavy atom. The third-order valence-electron chi connectivity index (χ3n) is 11.3. The van der Waals surface area contributed by atoms with Crippen molar-refractivity contribution in [1.82, 2.24) is 0 Å². The van der Waals surface area contributed by atoms with Crippen LogP contribution in [0, 0.1) is 26.6 Å². The second kappa shape index (κ2) is 11.5. The molecule has 0 N–H and O–H groups in total. The molecule has 3 heterocycles. The molecule has 0 atom stereocenters. The maximum absolute atomic E-state index is 16.5. The third kappa shape index (κ3) is 4.88. The Balaban J connectivity index is 1.54. The monoisotopic (exact) mass is 624 g/mol. The summed E-state index contributed by atoms with van der Waals surface area (Å²) in [5, 5.41) is 2.56. The molecule has 1 aliphatic heterocycles. The number of unbranched alkanes of at least 4 members (excludes halogenated alkanes) is 1. The van der Waals surface area contributed by atoms with E-state index < -0.39 is 5.41 Å². The summed E-state index contributed by atoms with van der Waals surface area (Å²) in [4.78, 5) is 0. The summed E-state index contributed by atoms with van der Waals surface area (Å²) in [6.45, 7) is 18.6. The molecule has 2 aromatic heterocycles. The first kappa shape index (κ1) is 31.5. The second-order valence-electron chi connectivity index (χ2n) is 14.7. The van der Waals surface area contributed by atoms with Crippen LogP contribution in [0.15, 0.2) is 79.1 Å².